The summed E-state index contributed by atoms with van der Waals surface area (Å²) < 4.78 is 5.89. The van der Waals surface area contributed by atoms with Crippen LogP contribution in [-0.2, 0) is 11.3 Å². The quantitative estimate of drug-likeness (QED) is 0.891. The van der Waals surface area contributed by atoms with Crippen molar-refractivity contribution in [1.82, 2.24) is 10.3 Å². The number of aromatic nitrogens is 1. The summed E-state index contributed by atoms with van der Waals surface area (Å²) in [4.78, 5) is 16.5. The van der Waals surface area contributed by atoms with Crippen molar-refractivity contribution in [2.24, 2.45) is 0 Å². The Morgan fingerprint density at radius 1 is 1.23 bits per heavy atom. The zero-order valence-electron chi connectivity index (χ0n) is 13.3. The van der Waals surface area contributed by atoms with Crippen molar-refractivity contribution in [3.8, 4) is 5.75 Å². The summed E-state index contributed by atoms with van der Waals surface area (Å²) in [5.41, 5.74) is 3.05. The number of aryl methyl sites for hydroxylation is 1. The van der Waals surface area contributed by atoms with E-state index in [0.29, 0.717) is 13.0 Å². The summed E-state index contributed by atoms with van der Waals surface area (Å²) in [5.74, 6) is 0.647. The van der Waals surface area contributed by atoms with Crippen molar-refractivity contribution in [2.45, 2.75) is 39.8 Å². The first-order valence-electron chi connectivity index (χ1n) is 7.52. The Morgan fingerprint density at radius 3 is 2.73 bits per heavy atom. The van der Waals surface area contributed by atoms with Crippen LogP contribution in [0.5, 0.6) is 5.75 Å². The third kappa shape index (κ3) is 4.07. The van der Waals surface area contributed by atoms with Crippen molar-refractivity contribution in [1.29, 1.82) is 0 Å². The van der Waals surface area contributed by atoms with Crippen LogP contribution in [0.3, 0.4) is 0 Å². The van der Waals surface area contributed by atoms with E-state index < -0.39 is 6.10 Å². The first-order chi connectivity index (χ1) is 10.6. The zero-order chi connectivity index (χ0) is 15.9. The normalized spacial score (nSPS) is 11.8. The van der Waals surface area contributed by atoms with Gasteiger partial charge in [0.05, 0.1) is 12.2 Å². The number of benzene rings is 1. The lowest BCUT2D eigenvalue weighted by Crippen LogP contribution is -2.37. The van der Waals surface area contributed by atoms with E-state index in [-0.39, 0.29) is 5.91 Å². The Balaban J connectivity index is 1.98. The highest BCUT2D eigenvalue weighted by atomic mass is 16.5. The molecular formula is C18H22N2O2. The molecule has 1 heterocycles. The van der Waals surface area contributed by atoms with Crippen LogP contribution < -0.4 is 10.1 Å². The SMILES string of the molecule is CCC(Oc1cccc(C)c1C)C(=O)NCc1ccccn1. The zero-order valence-corrected chi connectivity index (χ0v) is 13.3. The van der Waals surface area contributed by atoms with E-state index in [0.717, 1.165) is 22.6 Å². The van der Waals surface area contributed by atoms with Gasteiger partial charge in [-0.3, -0.25) is 9.78 Å². The molecule has 2 aromatic rings. The van der Waals surface area contributed by atoms with Crippen LogP contribution in [0, 0.1) is 13.8 Å². The highest BCUT2D eigenvalue weighted by Crippen LogP contribution is 2.22. The number of hydrogen-bond donors (Lipinski definition) is 1. The van der Waals surface area contributed by atoms with Crippen molar-refractivity contribution >= 4 is 5.91 Å². The highest BCUT2D eigenvalue weighted by molar-refractivity contribution is 5.81. The number of pyridine rings is 1. The number of nitrogens with zero attached hydrogens (tertiary/aromatic N) is 1. The summed E-state index contributed by atoms with van der Waals surface area (Å²) in [5, 5.41) is 2.88. The van der Waals surface area contributed by atoms with E-state index in [1.807, 2.05) is 57.2 Å². The molecule has 1 amide bonds. The van der Waals surface area contributed by atoms with Crippen LogP contribution in [0.2, 0.25) is 0 Å². The van der Waals surface area contributed by atoms with E-state index in [9.17, 15) is 4.79 Å². The third-order valence-electron chi connectivity index (χ3n) is 3.66. The topological polar surface area (TPSA) is 51.2 Å². The Bertz CT molecular complexity index is 626. The second-order valence-electron chi connectivity index (χ2n) is 5.25. The number of rotatable bonds is 6. The minimum absolute atomic E-state index is 0.117. The Labute approximate surface area is 131 Å². The maximum Gasteiger partial charge on any atom is 0.261 e. The fourth-order valence-electron chi connectivity index (χ4n) is 2.12. The minimum Gasteiger partial charge on any atom is -0.480 e. The Kier molecular flexibility index (Phi) is 5.53. The summed E-state index contributed by atoms with van der Waals surface area (Å²) in [6, 6.07) is 11.5. The number of nitrogens with one attached hydrogen (secondary N) is 1. The lowest BCUT2D eigenvalue weighted by molar-refractivity contribution is -0.128. The monoisotopic (exact) mass is 298 g/mol. The molecule has 116 valence electrons. The molecule has 0 bridgehead atoms. The van der Waals surface area contributed by atoms with Gasteiger partial charge in [0.25, 0.3) is 5.91 Å². The lowest BCUT2D eigenvalue weighted by Gasteiger charge is -2.19. The molecule has 1 atom stereocenters. The molecule has 0 aliphatic rings. The molecule has 1 N–H and O–H groups in total. The van der Waals surface area contributed by atoms with Gasteiger partial charge in [-0.05, 0) is 49.6 Å². The Morgan fingerprint density at radius 2 is 2.05 bits per heavy atom. The molecule has 0 spiro atoms. The molecule has 1 unspecified atom stereocenters. The van der Waals surface area contributed by atoms with E-state index >= 15 is 0 Å². The van der Waals surface area contributed by atoms with Crippen LogP contribution in [0.25, 0.3) is 0 Å². The Hall–Kier alpha value is -2.36. The molecule has 4 heteroatoms. The number of hydrogen-bond acceptors (Lipinski definition) is 3. The lowest BCUT2D eigenvalue weighted by atomic mass is 10.1. The summed E-state index contributed by atoms with van der Waals surface area (Å²) in [7, 11) is 0. The molecule has 0 aliphatic heterocycles. The first-order valence-corrected chi connectivity index (χ1v) is 7.52. The molecule has 0 radical (unpaired) electrons. The second-order valence-corrected chi connectivity index (χ2v) is 5.25. The third-order valence-corrected chi connectivity index (χ3v) is 3.66. The number of carbonyl (C=O) groups is 1. The maximum absolute atomic E-state index is 12.3. The van der Waals surface area contributed by atoms with Gasteiger partial charge in [0.15, 0.2) is 6.10 Å². The maximum atomic E-state index is 12.3. The van der Waals surface area contributed by atoms with Crippen LogP contribution in [0.15, 0.2) is 42.6 Å². The molecule has 0 saturated carbocycles. The largest absolute Gasteiger partial charge is 0.480 e. The van der Waals surface area contributed by atoms with Gasteiger partial charge >= 0.3 is 0 Å². The van der Waals surface area contributed by atoms with Crippen LogP contribution in [-0.4, -0.2) is 17.0 Å². The van der Waals surface area contributed by atoms with Gasteiger partial charge in [-0.15, -0.1) is 0 Å². The molecule has 1 aromatic heterocycles. The van der Waals surface area contributed by atoms with Crippen LogP contribution in [0.4, 0.5) is 0 Å². The fourth-order valence-corrected chi connectivity index (χ4v) is 2.12. The van der Waals surface area contributed by atoms with Crippen molar-refractivity contribution in [2.75, 3.05) is 0 Å². The van der Waals surface area contributed by atoms with Crippen LogP contribution >= 0.6 is 0 Å². The van der Waals surface area contributed by atoms with Crippen LogP contribution in [0.1, 0.15) is 30.2 Å². The van der Waals surface area contributed by atoms with E-state index in [1.165, 1.54) is 0 Å². The number of ether oxygens (including phenoxy) is 1. The van der Waals surface area contributed by atoms with E-state index in [1.54, 1.807) is 6.20 Å². The average molecular weight is 298 g/mol. The van der Waals surface area contributed by atoms with E-state index in [2.05, 4.69) is 10.3 Å². The van der Waals surface area contributed by atoms with Gasteiger partial charge in [0, 0.05) is 6.20 Å². The molecule has 4 nitrogen and oxygen atoms in total. The summed E-state index contributed by atoms with van der Waals surface area (Å²) in [6.45, 7) is 6.38. The predicted octanol–water partition coefficient (Wildman–Crippen LogP) is 3.17. The first kappa shape index (κ1) is 16.0. The van der Waals surface area contributed by atoms with Gasteiger partial charge in [-0.1, -0.05) is 25.1 Å². The van der Waals surface area contributed by atoms with Crippen molar-refractivity contribution in [3.63, 3.8) is 0 Å². The van der Waals surface area contributed by atoms with Gasteiger partial charge in [0.1, 0.15) is 5.75 Å². The summed E-state index contributed by atoms with van der Waals surface area (Å²) >= 11 is 0. The molecule has 0 fully saturated rings. The number of amides is 1. The van der Waals surface area contributed by atoms with Gasteiger partial charge in [-0.25, -0.2) is 0 Å². The smallest absolute Gasteiger partial charge is 0.261 e. The van der Waals surface area contributed by atoms with Crippen molar-refractivity contribution < 1.29 is 9.53 Å². The molecule has 22 heavy (non-hydrogen) atoms. The number of carbonyl (C=O) groups excluding carboxylic acids is 1. The predicted molar refractivity (Wildman–Crippen MR) is 86.7 cm³/mol. The second kappa shape index (κ2) is 7.59. The fraction of sp³-hybridized carbons (Fsp3) is 0.333. The molecule has 2 rings (SSSR count). The van der Waals surface area contributed by atoms with E-state index in [4.69, 9.17) is 4.74 Å². The van der Waals surface area contributed by atoms with Gasteiger partial charge < -0.3 is 10.1 Å². The molecule has 1 aromatic carbocycles. The van der Waals surface area contributed by atoms with Gasteiger partial charge in [0.2, 0.25) is 0 Å². The molecule has 0 aliphatic carbocycles. The summed E-state index contributed by atoms with van der Waals surface area (Å²) in [6.07, 6.45) is 1.83. The molecule has 0 saturated heterocycles. The molecular weight excluding hydrogens is 276 g/mol. The highest BCUT2D eigenvalue weighted by Gasteiger charge is 2.19. The minimum atomic E-state index is -0.496. The standard InChI is InChI=1S/C18H22N2O2/c1-4-16(22-17-10-7-8-13(2)14(17)3)18(21)20-12-15-9-5-6-11-19-15/h5-11,16H,4,12H2,1-3H3,(H,20,21). The average Bonchev–Trinajstić information content (AvgIpc) is 2.55. The van der Waals surface area contributed by atoms with Crippen molar-refractivity contribution in [3.05, 3.63) is 59.4 Å². The van der Waals surface area contributed by atoms with Gasteiger partial charge in [-0.2, -0.15) is 0 Å².